The maximum absolute atomic E-state index is 6.18. The third-order valence-corrected chi connectivity index (χ3v) is 3.80. The van der Waals surface area contributed by atoms with E-state index in [1.807, 2.05) is 7.05 Å². The standard InChI is InChI=1S/C15H26ClN3/c1-5-7-8-19(12(3)6-2)15-9-13(10-17-4)14(16)11-18-15/h9,11-12,17H,5-8,10H2,1-4H3. The first-order valence-corrected chi connectivity index (χ1v) is 7.57. The molecule has 3 nitrogen and oxygen atoms in total. The van der Waals surface area contributed by atoms with Crippen molar-refractivity contribution in [3.05, 3.63) is 22.8 Å². The number of unbranched alkanes of at least 4 members (excludes halogenated alkanes) is 1. The maximum Gasteiger partial charge on any atom is 0.129 e. The Labute approximate surface area is 122 Å². The summed E-state index contributed by atoms with van der Waals surface area (Å²) in [6.07, 6.45) is 5.28. The Morgan fingerprint density at radius 2 is 2.16 bits per heavy atom. The lowest BCUT2D eigenvalue weighted by atomic mass is 10.1. The fourth-order valence-corrected chi connectivity index (χ4v) is 2.23. The molecule has 0 radical (unpaired) electrons. The summed E-state index contributed by atoms with van der Waals surface area (Å²) >= 11 is 6.18. The Hall–Kier alpha value is -0.800. The second-order valence-corrected chi connectivity index (χ2v) is 5.38. The van der Waals surface area contributed by atoms with E-state index in [-0.39, 0.29) is 0 Å². The zero-order valence-electron chi connectivity index (χ0n) is 12.5. The quantitative estimate of drug-likeness (QED) is 0.785. The van der Waals surface area contributed by atoms with E-state index in [2.05, 4.69) is 42.0 Å². The number of hydrogen-bond acceptors (Lipinski definition) is 3. The molecule has 0 bridgehead atoms. The number of pyridine rings is 1. The van der Waals surface area contributed by atoms with Crippen LogP contribution < -0.4 is 10.2 Å². The minimum atomic E-state index is 0.502. The smallest absolute Gasteiger partial charge is 0.129 e. The first-order valence-electron chi connectivity index (χ1n) is 7.19. The van der Waals surface area contributed by atoms with Gasteiger partial charge in [0.1, 0.15) is 5.82 Å². The molecule has 0 saturated carbocycles. The normalized spacial score (nSPS) is 12.5. The van der Waals surface area contributed by atoms with Crippen LogP contribution in [0.15, 0.2) is 12.3 Å². The number of halogens is 1. The third kappa shape index (κ3) is 4.66. The van der Waals surface area contributed by atoms with Crippen LogP contribution in [0, 0.1) is 0 Å². The molecule has 1 atom stereocenters. The SMILES string of the molecule is CCCCN(c1cc(CNC)c(Cl)cn1)C(C)CC. The van der Waals surface area contributed by atoms with Gasteiger partial charge in [0.2, 0.25) is 0 Å². The summed E-state index contributed by atoms with van der Waals surface area (Å²) in [4.78, 5) is 6.90. The summed E-state index contributed by atoms with van der Waals surface area (Å²) < 4.78 is 0. The molecule has 1 aromatic rings. The van der Waals surface area contributed by atoms with Gasteiger partial charge in [-0.2, -0.15) is 0 Å². The van der Waals surface area contributed by atoms with E-state index in [4.69, 9.17) is 11.6 Å². The van der Waals surface area contributed by atoms with Crippen LogP contribution in [0.1, 0.15) is 45.6 Å². The van der Waals surface area contributed by atoms with Gasteiger partial charge in [-0.25, -0.2) is 4.98 Å². The van der Waals surface area contributed by atoms with E-state index in [9.17, 15) is 0 Å². The molecular formula is C15H26ClN3. The van der Waals surface area contributed by atoms with Crippen LogP contribution in [-0.2, 0) is 6.54 Å². The summed E-state index contributed by atoms with van der Waals surface area (Å²) in [7, 11) is 1.93. The number of anilines is 1. The van der Waals surface area contributed by atoms with E-state index >= 15 is 0 Å². The molecule has 0 aliphatic carbocycles. The lowest BCUT2D eigenvalue weighted by molar-refractivity contribution is 0.589. The van der Waals surface area contributed by atoms with Crippen LogP contribution >= 0.6 is 11.6 Å². The lowest BCUT2D eigenvalue weighted by Crippen LogP contribution is -2.34. The van der Waals surface area contributed by atoms with Gasteiger partial charge in [-0.15, -0.1) is 0 Å². The third-order valence-electron chi connectivity index (χ3n) is 3.46. The molecule has 1 unspecified atom stereocenters. The van der Waals surface area contributed by atoms with Crippen LogP contribution in [0.3, 0.4) is 0 Å². The molecule has 0 spiro atoms. The Bertz CT molecular complexity index is 382. The van der Waals surface area contributed by atoms with Crippen molar-refractivity contribution >= 4 is 17.4 Å². The molecule has 0 aliphatic rings. The van der Waals surface area contributed by atoms with Crippen molar-refractivity contribution in [2.75, 3.05) is 18.5 Å². The maximum atomic E-state index is 6.18. The fraction of sp³-hybridized carbons (Fsp3) is 0.667. The lowest BCUT2D eigenvalue weighted by Gasteiger charge is -2.30. The number of nitrogens with zero attached hydrogens (tertiary/aromatic N) is 2. The predicted octanol–water partition coefficient (Wildman–Crippen LogP) is 3.86. The topological polar surface area (TPSA) is 28.2 Å². The van der Waals surface area contributed by atoms with Crippen molar-refractivity contribution in [2.45, 2.75) is 52.6 Å². The van der Waals surface area contributed by atoms with Crippen molar-refractivity contribution in [3.63, 3.8) is 0 Å². The molecular weight excluding hydrogens is 258 g/mol. The largest absolute Gasteiger partial charge is 0.354 e. The van der Waals surface area contributed by atoms with Gasteiger partial charge in [-0.1, -0.05) is 31.9 Å². The summed E-state index contributed by atoms with van der Waals surface area (Å²) in [5, 5.41) is 3.88. The minimum Gasteiger partial charge on any atom is -0.354 e. The summed E-state index contributed by atoms with van der Waals surface area (Å²) in [6.45, 7) is 8.52. The van der Waals surface area contributed by atoms with Gasteiger partial charge in [-0.05, 0) is 38.4 Å². The van der Waals surface area contributed by atoms with E-state index in [0.29, 0.717) is 6.04 Å². The summed E-state index contributed by atoms with van der Waals surface area (Å²) in [5.74, 6) is 1.04. The molecule has 19 heavy (non-hydrogen) atoms. The van der Waals surface area contributed by atoms with Gasteiger partial charge in [0.25, 0.3) is 0 Å². The van der Waals surface area contributed by atoms with E-state index < -0.39 is 0 Å². The molecule has 0 aromatic carbocycles. The first kappa shape index (κ1) is 16.3. The molecule has 108 valence electrons. The molecule has 0 aliphatic heterocycles. The number of rotatable bonds is 8. The predicted molar refractivity (Wildman–Crippen MR) is 84.0 cm³/mol. The molecule has 1 N–H and O–H groups in total. The average molecular weight is 284 g/mol. The molecule has 1 heterocycles. The van der Waals surface area contributed by atoms with Gasteiger partial charge in [0.15, 0.2) is 0 Å². The molecule has 4 heteroatoms. The molecule has 1 rings (SSSR count). The number of hydrogen-bond donors (Lipinski definition) is 1. The zero-order valence-corrected chi connectivity index (χ0v) is 13.3. The van der Waals surface area contributed by atoms with Crippen LogP contribution in [0.25, 0.3) is 0 Å². The average Bonchev–Trinajstić information content (AvgIpc) is 2.42. The van der Waals surface area contributed by atoms with E-state index in [0.717, 1.165) is 35.9 Å². The van der Waals surface area contributed by atoms with Crippen molar-refractivity contribution in [1.82, 2.24) is 10.3 Å². The van der Waals surface area contributed by atoms with Crippen molar-refractivity contribution in [1.29, 1.82) is 0 Å². The van der Waals surface area contributed by atoms with Gasteiger partial charge in [0.05, 0.1) is 5.02 Å². The van der Waals surface area contributed by atoms with Gasteiger partial charge in [0, 0.05) is 25.3 Å². The van der Waals surface area contributed by atoms with Crippen molar-refractivity contribution in [2.24, 2.45) is 0 Å². The first-order chi connectivity index (χ1) is 9.13. The van der Waals surface area contributed by atoms with Crippen LogP contribution in [0.4, 0.5) is 5.82 Å². The van der Waals surface area contributed by atoms with Crippen LogP contribution in [0.5, 0.6) is 0 Å². The second-order valence-electron chi connectivity index (χ2n) is 4.97. The van der Waals surface area contributed by atoms with Crippen LogP contribution in [0.2, 0.25) is 5.02 Å². The highest BCUT2D eigenvalue weighted by molar-refractivity contribution is 6.31. The Kier molecular flexibility index (Phi) is 7.17. The highest BCUT2D eigenvalue weighted by Gasteiger charge is 2.15. The van der Waals surface area contributed by atoms with E-state index in [1.165, 1.54) is 12.8 Å². The highest BCUT2D eigenvalue weighted by Crippen LogP contribution is 2.23. The molecule has 0 amide bonds. The van der Waals surface area contributed by atoms with Crippen molar-refractivity contribution < 1.29 is 0 Å². The Morgan fingerprint density at radius 1 is 1.42 bits per heavy atom. The Morgan fingerprint density at radius 3 is 2.74 bits per heavy atom. The second kappa shape index (κ2) is 8.39. The fourth-order valence-electron chi connectivity index (χ4n) is 2.06. The van der Waals surface area contributed by atoms with Gasteiger partial charge in [-0.3, -0.25) is 0 Å². The summed E-state index contributed by atoms with van der Waals surface area (Å²) in [5.41, 5.74) is 1.11. The molecule has 1 aromatic heterocycles. The van der Waals surface area contributed by atoms with E-state index in [1.54, 1.807) is 6.20 Å². The monoisotopic (exact) mass is 283 g/mol. The van der Waals surface area contributed by atoms with Crippen LogP contribution in [-0.4, -0.2) is 24.6 Å². The highest BCUT2D eigenvalue weighted by atomic mass is 35.5. The minimum absolute atomic E-state index is 0.502. The van der Waals surface area contributed by atoms with Crippen molar-refractivity contribution in [3.8, 4) is 0 Å². The van der Waals surface area contributed by atoms with Gasteiger partial charge < -0.3 is 10.2 Å². The summed E-state index contributed by atoms with van der Waals surface area (Å²) in [6, 6.07) is 2.61. The molecule has 0 saturated heterocycles. The number of nitrogens with one attached hydrogen (secondary N) is 1. The zero-order chi connectivity index (χ0) is 14.3. The Balaban J connectivity index is 2.97. The van der Waals surface area contributed by atoms with Gasteiger partial charge >= 0.3 is 0 Å². The number of aromatic nitrogens is 1. The molecule has 0 fully saturated rings.